The number of nitrogens with zero attached hydrogens (tertiary/aromatic N) is 2. The molecule has 0 aliphatic rings. The van der Waals surface area contributed by atoms with Gasteiger partial charge in [0.25, 0.3) is 0 Å². The smallest absolute Gasteiger partial charge is 0.209 e. The number of aromatic nitrogens is 1. The third-order valence-corrected chi connectivity index (χ3v) is 3.26. The van der Waals surface area contributed by atoms with Crippen molar-refractivity contribution in [2.45, 2.75) is 26.0 Å². The lowest BCUT2D eigenvalue weighted by atomic mass is 10.2. The molecule has 1 aromatic heterocycles. The molecule has 0 bridgehead atoms. The van der Waals surface area contributed by atoms with Crippen molar-refractivity contribution in [1.82, 2.24) is 9.88 Å². The summed E-state index contributed by atoms with van der Waals surface area (Å²) in [6, 6.07) is 7.68. The van der Waals surface area contributed by atoms with Crippen LogP contribution in [0.1, 0.15) is 19.2 Å². The van der Waals surface area contributed by atoms with Crippen molar-refractivity contribution < 1.29 is 14.3 Å². The van der Waals surface area contributed by atoms with Gasteiger partial charge in [-0.25, -0.2) is 4.98 Å². The predicted molar refractivity (Wildman–Crippen MR) is 81.1 cm³/mol. The predicted octanol–water partition coefficient (Wildman–Crippen LogP) is 2.55. The number of methoxy groups -OCH3 is 1. The molecule has 114 valence electrons. The monoisotopic (exact) mass is 290 g/mol. The Morgan fingerprint density at radius 1 is 1.33 bits per heavy atom. The summed E-state index contributed by atoms with van der Waals surface area (Å²) < 4.78 is 10.9. The zero-order valence-corrected chi connectivity index (χ0v) is 12.7. The molecule has 0 aliphatic carbocycles. The summed E-state index contributed by atoms with van der Waals surface area (Å²) in [5.41, 5.74) is 0.973. The minimum absolute atomic E-state index is 0.285. The molecule has 2 rings (SSSR count). The van der Waals surface area contributed by atoms with Crippen molar-refractivity contribution in [1.29, 1.82) is 0 Å². The second-order valence-corrected chi connectivity index (χ2v) is 5.22. The van der Waals surface area contributed by atoms with E-state index in [2.05, 4.69) is 9.88 Å². The van der Waals surface area contributed by atoms with Crippen LogP contribution < -0.4 is 4.74 Å². The minimum atomic E-state index is -0.285. The van der Waals surface area contributed by atoms with Gasteiger partial charge in [-0.2, -0.15) is 0 Å². The Morgan fingerprint density at radius 2 is 2.05 bits per heavy atom. The summed E-state index contributed by atoms with van der Waals surface area (Å²) in [5, 5.41) is 9.29. The molecular formula is C16H22N2O3. The standard InChI is InChI=1S/C16H22N2O3/c1-12(19)8-9-18(2)11-16-17-10-15(21-16)13-4-6-14(20-3)7-5-13/h4-7,10,12,19H,8-9,11H2,1-3H3. The van der Waals surface area contributed by atoms with Crippen LogP contribution in [0.5, 0.6) is 5.75 Å². The van der Waals surface area contributed by atoms with Crippen LogP contribution >= 0.6 is 0 Å². The molecule has 0 saturated carbocycles. The van der Waals surface area contributed by atoms with Gasteiger partial charge < -0.3 is 14.3 Å². The fourth-order valence-corrected chi connectivity index (χ4v) is 1.99. The molecule has 0 fully saturated rings. The SMILES string of the molecule is COc1ccc(-c2cnc(CN(C)CCC(C)O)o2)cc1. The molecule has 1 atom stereocenters. The van der Waals surface area contributed by atoms with Crippen LogP contribution in [0.25, 0.3) is 11.3 Å². The van der Waals surface area contributed by atoms with Gasteiger partial charge in [-0.3, -0.25) is 4.90 Å². The van der Waals surface area contributed by atoms with E-state index in [1.165, 1.54) is 0 Å². The highest BCUT2D eigenvalue weighted by atomic mass is 16.5. The first-order valence-electron chi connectivity index (χ1n) is 7.04. The van der Waals surface area contributed by atoms with Gasteiger partial charge >= 0.3 is 0 Å². The summed E-state index contributed by atoms with van der Waals surface area (Å²) in [7, 11) is 3.63. The normalized spacial score (nSPS) is 12.6. The van der Waals surface area contributed by atoms with Crippen molar-refractivity contribution in [3.63, 3.8) is 0 Å². The maximum atomic E-state index is 9.29. The Morgan fingerprint density at radius 3 is 2.67 bits per heavy atom. The highest BCUT2D eigenvalue weighted by Gasteiger charge is 2.09. The van der Waals surface area contributed by atoms with Gasteiger partial charge in [0, 0.05) is 12.1 Å². The van der Waals surface area contributed by atoms with Crippen LogP contribution in [-0.2, 0) is 6.54 Å². The number of benzene rings is 1. The second-order valence-electron chi connectivity index (χ2n) is 5.22. The largest absolute Gasteiger partial charge is 0.497 e. The van der Waals surface area contributed by atoms with Crippen LogP contribution in [0.4, 0.5) is 0 Å². The van der Waals surface area contributed by atoms with E-state index in [9.17, 15) is 5.11 Å². The molecule has 0 spiro atoms. The molecule has 1 heterocycles. The van der Waals surface area contributed by atoms with E-state index in [4.69, 9.17) is 9.15 Å². The molecule has 5 nitrogen and oxygen atoms in total. The maximum Gasteiger partial charge on any atom is 0.209 e. The molecule has 0 radical (unpaired) electrons. The summed E-state index contributed by atoms with van der Waals surface area (Å²) in [6.45, 7) is 3.22. The molecule has 0 saturated heterocycles. The van der Waals surface area contributed by atoms with Crippen molar-refractivity contribution in [2.24, 2.45) is 0 Å². The third-order valence-electron chi connectivity index (χ3n) is 3.26. The Hall–Kier alpha value is -1.85. The van der Waals surface area contributed by atoms with Crippen molar-refractivity contribution in [2.75, 3.05) is 20.7 Å². The fraction of sp³-hybridized carbons (Fsp3) is 0.438. The minimum Gasteiger partial charge on any atom is -0.497 e. The second kappa shape index (κ2) is 7.24. The molecule has 2 aromatic rings. The number of aliphatic hydroxyl groups excluding tert-OH is 1. The van der Waals surface area contributed by atoms with Crippen LogP contribution in [0.15, 0.2) is 34.9 Å². The van der Waals surface area contributed by atoms with E-state index in [1.807, 2.05) is 31.3 Å². The van der Waals surface area contributed by atoms with E-state index >= 15 is 0 Å². The zero-order valence-electron chi connectivity index (χ0n) is 12.7. The van der Waals surface area contributed by atoms with Crippen LogP contribution in [0.2, 0.25) is 0 Å². The van der Waals surface area contributed by atoms with Crippen LogP contribution in [0.3, 0.4) is 0 Å². The lowest BCUT2D eigenvalue weighted by Gasteiger charge is -2.15. The van der Waals surface area contributed by atoms with Gasteiger partial charge in [0.2, 0.25) is 5.89 Å². The number of hydrogen-bond acceptors (Lipinski definition) is 5. The van der Waals surface area contributed by atoms with Crippen LogP contribution in [-0.4, -0.2) is 41.8 Å². The van der Waals surface area contributed by atoms with Crippen molar-refractivity contribution >= 4 is 0 Å². The van der Waals surface area contributed by atoms with E-state index in [0.29, 0.717) is 12.4 Å². The van der Waals surface area contributed by atoms with Gasteiger partial charge in [0.15, 0.2) is 5.76 Å². The van der Waals surface area contributed by atoms with E-state index in [-0.39, 0.29) is 6.10 Å². The van der Waals surface area contributed by atoms with Crippen molar-refractivity contribution in [3.8, 4) is 17.1 Å². The number of rotatable bonds is 7. The average molecular weight is 290 g/mol. The van der Waals surface area contributed by atoms with E-state index < -0.39 is 0 Å². The maximum absolute atomic E-state index is 9.29. The molecule has 0 amide bonds. The van der Waals surface area contributed by atoms with Gasteiger partial charge in [-0.05, 0) is 44.7 Å². The topological polar surface area (TPSA) is 58.7 Å². The number of hydrogen-bond donors (Lipinski definition) is 1. The van der Waals surface area contributed by atoms with Crippen molar-refractivity contribution in [3.05, 3.63) is 36.4 Å². The number of ether oxygens (including phenoxy) is 1. The zero-order chi connectivity index (χ0) is 15.2. The van der Waals surface area contributed by atoms with E-state index in [0.717, 1.165) is 30.0 Å². The van der Waals surface area contributed by atoms with Gasteiger partial charge in [0.1, 0.15) is 5.75 Å². The van der Waals surface area contributed by atoms with Crippen LogP contribution in [0, 0.1) is 0 Å². The molecule has 1 aromatic carbocycles. The average Bonchev–Trinajstić information content (AvgIpc) is 2.93. The first-order valence-corrected chi connectivity index (χ1v) is 7.04. The fourth-order valence-electron chi connectivity index (χ4n) is 1.99. The molecule has 21 heavy (non-hydrogen) atoms. The first kappa shape index (κ1) is 15.5. The lowest BCUT2D eigenvalue weighted by molar-refractivity contribution is 0.160. The van der Waals surface area contributed by atoms with Gasteiger partial charge in [-0.1, -0.05) is 0 Å². The summed E-state index contributed by atoms with van der Waals surface area (Å²) in [6.07, 6.45) is 2.19. The molecule has 1 N–H and O–H groups in total. The lowest BCUT2D eigenvalue weighted by Crippen LogP contribution is -2.22. The Bertz CT molecular complexity index is 549. The molecule has 1 unspecified atom stereocenters. The quantitative estimate of drug-likeness (QED) is 0.849. The Kier molecular flexibility index (Phi) is 5.36. The highest BCUT2D eigenvalue weighted by molar-refractivity contribution is 5.57. The van der Waals surface area contributed by atoms with Gasteiger partial charge in [-0.15, -0.1) is 0 Å². The third kappa shape index (κ3) is 4.58. The molecule has 0 aliphatic heterocycles. The Labute approximate surface area is 125 Å². The van der Waals surface area contributed by atoms with E-state index in [1.54, 1.807) is 20.2 Å². The Balaban J connectivity index is 1.97. The molecule has 5 heteroatoms. The highest BCUT2D eigenvalue weighted by Crippen LogP contribution is 2.23. The summed E-state index contributed by atoms with van der Waals surface area (Å²) >= 11 is 0. The summed E-state index contributed by atoms with van der Waals surface area (Å²) in [5.74, 6) is 2.24. The summed E-state index contributed by atoms with van der Waals surface area (Å²) in [4.78, 5) is 6.38. The number of oxazole rings is 1. The first-order chi connectivity index (χ1) is 10.1. The number of aliphatic hydroxyl groups is 1. The van der Waals surface area contributed by atoms with Gasteiger partial charge in [0.05, 0.1) is 26.0 Å². The molecular weight excluding hydrogens is 268 g/mol.